The lowest BCUT2D eigenvalue weighted by atomic mass is 9.98. The molecule has 0 bridgehead atoms. The van der Waals surface area contributed by atoms with Gasteiger partial charge in [0, 0.05) is 4.88 Å². The monoisotopic (exact) mass is 211 g/mol. The smallest absolute Gasteiger partial charge is 0.0900 e. The molecule has 4 heteroatoms. The number of hydrogen-bond acceptors (Lipinski definition) is 4. The zero-order valence-corrected chi connectivity index (χ0v) is 9.53. The maximum atomic E-state index is 5.75. The third kappa shape index (κ3) is 1.69. The van der Waals surface area contributed by atoms with Crippen molar-refractivity contribution in [3.05, 3.63) is 15.6 Å². The summed E-state index contributed by atoms with van der Waals surface area (Å²) in [7, 11) is 0. The summed E-state index contributed by atoms with van der Waals surface area (Å²) in [6.07, 6.45) is 1.18. The normalized spacial score (nSPS) is 27.1. The Morgan fingerprint density at radius 2 is 2.36 bits per heavy atom. The van der Waals surface area contributed by atoms with Crippen LogP contribution in [0.5, 0.6) is 0 Å². The van der Waals surface area contributed by atoms with Gasteiger partial charge in [0.05, 0.1) is 16.7 Å². The Balaban J connectivity index is 2.25. The Morgan fingerprint density at radius 3 is 2.93 bits per heavy atom. The molecule has 0 aliphatic carbocycles. The summed E-state index contributed by atoms with van der Waals surface area (Å²) in [5, 5.41) is 4.65. The number of thiazole rings is 1. The summed E-state index contributed by atoms with van der Waals surface area (Å²) in [5.41, 5.74) is 6.98. The van der Waals surface area contributed by atoms with E-state index in [9.17, 15) is 0 Å². The second-order valence-corrected chi connectivity index (χ2v) is 5.30. The fourth-order valence-corrected chi connectivity index (χ4v) is 3.03. The van der Waals surface area contributed by atoms with E-state index >= 15 is 0 Å². The third-order valence-electron chi connectivity index (χ3n) is 2.89. The first-order valence-corrected chi connectivity index (χ1v) is 5.91. The summed E-state index contributed by atoms with van der Waals surface area (Å²) in [6.45, 7) is 6.04. The van der Waals surface area contributed by atoms with Crippen LogP contribution in [0, 0.1) is 19.8 Å². The van der Waals surface area contributed by atoms with E-state index in [-0.39, 0.29) is 0 Å². The average molecular weight is 211 g/mol. The molecule has 1 saturated heterocycles. The van der Waals surface area contributed by atoms with Crippen LogP contribution in [0.25, 0.3) is 0 Å². The topological polar surface area (TPSA) is 50.9 Å². The first-order chi connectivity index (χ1) is 6.72. The summed E-state index contributed by atoms with van der Waals surface area (Å²) >= 11 is 1.78. The molecule has 14 heavy (non-hydrogen) atoms. The van der Waals surface area contributed by atoms with Gasteiger partial charge in [-0.1, -0.05) is 0 Å². The molecule has 0 radical (unpaired) electrons. The van der Waals surface area contributed by atoms with Crippen molar-refractivity contribution >= 4 is 11.3 Å². The van der Waals surface area contributed by atoms with Crippen LogP contribution in [0.15, 0.2) is 0 Å². The Hall–Kier alpha value is -0.450. The molecule has 0 amide bonds. The van der Waals surface area contributed by atoms with Crippen LogP contribution in [0.2, 0.25) is 0 Å². The molecule has 3 nitrogen and oxygen atoms in total. The van der Waals surface area contributed by atoms with E-state index in [2.05, 4.69) is 24.1 Å². The predicted octanol–water partition coefficient (Wildman–Crippen LogP) is 1.37. The van der Waals surface area contributed by atoms with Crippen LogP contribution < -0.4 is 11.1 Å². The van der Waals surface area contributed by atoms with Gasteiger partial charge in [-0.05, 0) is 39.3 Å². The lowest BCUT2D eigenvalue weighted by Crippen LogP contribution is -2.24. The van der Waals surface area contributed by atoms with Crippen molar-refractivity contribution in [3.63, 3.8) is 0 Å². The van der Waals surface area contributed by atoms with Crippen molar-refractivity contribution in [2.24, 2.45) is 11.7 Å². The van der Waals surface area contributed by atoms with Crippen LogP contribution in [0.3, 0.4) is 0 Å². The molecule has 2 atom stereocenters. The first kappa shape index (κ1) is 10.1. The predicted molar refractivity (Wildman–Crippen MR) is 59.5 cm³/mol. The lowest BCUT2D eigenvalue weighted by molar-refractivity contribution is 0.463. The van der Waals surface area contributed by atoms with E-state index < -0.39 is 0 Å². The molecule has 2 rings (SSSR count). The molecule has 0 saturated carbocycles. The summed E-state index contributed by atoms with van der Waals surface area (Å²) in [4.78, 5) is 5.92. The van der Waals surface area contributed by atoms with E-state index in [0.29, 0.717) is 12.0 Å². The largest absolute Gasteiger partial charge is 0.330 e. The van der Waals surface area contributed by atoms with E-state index in [0.717, 1.165) is 18.1 Å². The van der Waals surface area contributed by atoms with Gasteiger partial charge in [0.25, 0.3) is 0 Å². The Bertz CT molecular complexity index is 321. The number of nitrogens with one attached hydrogen (secondary N) is 1. The van der Waals surface area contributed by atoms with Crippen molar-refractivity contribution in [1.29, 1.82) is 0 Å². The van der Waals surface area contributed by atoms with Crippen molar-refractivity contribution in [2.45, 2.75) is 26.3 Å². The molecule has 1 aromatic heterocycles. The van der Waals surface area contributed by atoms with Crippen molar-refractivity contribution in [2.75, 3.05) is 13.1 Å². The summed E-state index contributed by atoms with van der Waals surface area (Å²) in [6, 6.07) is 0.393. The van der Waals surface area contributed by atoms with Crippen LogP contribution in [0.4, 0.5) is 0 Å². The van der Waals surface area contributed by atoms with Gasteiger partial charge >= 0.3 is 0 Å². The van der Waals surface area contributed by atoms with Crippen molar-refractivity contribution in [1.82, 2.24) is 10.3 Å². The molecular formula is C10H17N3S. The summed E-state index contributed by atoms with van der Waals surface area (Å²) in [5.74, 6) is 0.565. The zero-order chi connectivity index (χ0) is 10.1. The minimum Gasteiger partial charge on any atom is -0.330 e. The van der Waals surface area contributed by atoms with Crippen molar-refractivity contribution < 1.29 is 0 Å². The number of aromatic nitrogens is 1. The van der Waals surface area contributed by atoms with Gasteiger partial charge < -0.3 is 11.1 Å². The number of nitrogens with two attached hydrogens (primary N) is 1. The van der Waals surface area contributed by atoms with E-state index in [4.69, 9.17) is 5.73 Å². The Kier molecular flexibility index (Phi) is 2.85. The van der Waals surface area contributed by atoms with Crippen LogP contribution >= 0.6 is 11.3 Å². The number of aryl methyl sites for hydroxylation is 2. The number of hydrogen-bond donors (Lipinski definition) is 2. The fraction of sp³-hybridized carbons (Fsp3) is 0.700. The number of nitrogens with zero attached hydrogens (tertiary/aromatic N) is 1. The van der Waals surface area contributed by atoms with E-state index in [1.165, 1.54) is 17.0 Å². The molecule has 0 spiro atoms. The lowest BCUT2D eigenvalue weighted by Gasteiger charge is -2.16. The maximum absolute atomic E-state index is 5.75. The summed E-state index contributed by atoms with van der Waals surface area (Å²) < 4.78 is 0. The zero-order valence-electron chi connectivity index (χ0n) is 8.71. The third-order valence-corrected chi connectivity index (χ3v) is 3.79. The highest BCUT2D eigenvalue weighted by atomic mass is 32.1. The number of rotatable bonds is 2. The van der Waals surface area contributed by atoms with Gasteiger partial charge in [-0.2, -0.15) is 0 Å². The molecule has 1 aromatic rings. The molecule has 78 valence electrons. The second kappa shape index (κ2) is 3.96. The molecule has 1 fully saturated rings. The standard InChI is InChI=1S/C10H17N3S/c1-6-9(13-7(2)14-6)10-8(5-11)3-4-12-10/h8,10,12H,3-5,11H2,1-2H3. The van der Waals surface area contributed by atoms with Gasteiger partial charge in [0.2, 0.25) is 0 Å². The molecule has 0 aromatic carbocycles. The first-order valence-electron chi connectivity index (χ1n) is 5.09. The maximum Gasteiger partial charge on any atom is 0.0900 e. The molecule has 3 N–H and O–H groups in total. The van der Waals surface area contributed by atoms with Gasteiger partial charge in [0.1, 0.15) is 0 Å². The van der Waals surface area contributed by atoms with E-state index in [1.54, 1.807) is 11.3 Å². The molecule has 2 unspecified atom stereocenters. The minimum atomic E-state index is 0.393. The fourth-order valence-electron chi connectivity index (χ4n) is 2.16. The highest BCUT2D eigenvalue weighted by molar-refractivity contribution is 7.11. The van der Waals surface area contributed by atoms with Gasteiger partial charge in [-0.3, -0.25) is 0 Å². The molecule has 2 heterocycles. The highest BCUT2D eigenvalue weighted by Crippen LogP contribution is 2.32. The van der Waals surface area contributed by atoms with Crippen LogP contribution in [-0.4, -0.2) is 18.1 Å². The average Bonchev–Trinajstić information content (AvgIpc) is 2.71. The quantitative estimate of drug-likeness (QED) is 0.777. The Labute approximate surface area is 88.7 Å². The minimum absolute atomic E-state index is 0.393. The second-order valence-electron chi connectivity index (χ2n) is 3.89. The molecule has 1 aliphatic heterocycles. The Morgan fingerprint density at radius 1 is 1.57 bits per heavy atom. The van der Waals surface area contributed by atoms with E-state index in [1.807, 2.05) is 0 Å². The van der Waals surface area contributed by atoms with Crippen LogP contribution in [-0.2, 0) is 0 Å². The van der Waals surface area contributed by atoms with Gasteiger partial charge in [0.15, 0.2) is 0 Å². The molecule has 1 aliphatic rings. The SMILES string of the molecule is Cc1nc(C2NCCC2CN)c(C)s1. The van der Waals surface area contributed by atoms with Gasteiger partial charge in [-0.15, -0.1) is 11.3 Å². The molecular weight excluding hydrogens is 194 g/mol. The van der Waals surface area contributed by atoms with Gasteiger partial charge in [-0.25, -0.2) is 4.98 Å². The van der Waals surface area contributed by atoms with Crippen molar-refractivity contribution in [3.8, 4) is 0 Å². The highest BCUT2D eigenvalue weighted by Gasteiger charge is 2.29. The van der Waals surface area contributed by atoms with Crippen LogP contribution in [0.1, 0.15) is 28.0 Å².